The van der Waals surface area contributed by atoms with Gasteiger partial charge in [0.2, 0.25) is 11.8 Å². The van der Waals surface area contributed by atoms with Gasteiger partial charge in [0.25, 0.3) is 0 Å². The van der Waals surface area contributed by atoms with E-state index in [9.17, 15) is 24.0 Å². The Morgan fingerprint density at radius 2 is 1.50 bits per heavy atom. The Kier molecular flexibility index (Phi) is 11.0. The molecule has 0 aromatic heterocycles. The Labute approximate surface area is 153 Å². The maximum absolute atomic E-state index is 12.2. The summed E-state index contributed by atoms with van der Waals surface area (Å²) in [6.45, 7) is 0. The van der Waals surface area contributed by atoms with Gasteiger partial charge < -0.3 is 31.7 Å². The average Bonchev–Trinajstić information content (AvgIpc) is 2.54. The lowest BCUT2D eigenvalue weighted by atomic mass is 10.1. The third-order valence-corrected chi connectivity index (χ3v) is 3.89. The molecule has 0 aliphatic carbocycles. The highest BCUT2D eigenvalue weighted by Crippen LogP contribution is 2.03. The van der Waals surface area contributed by atoms with Crippen LogP contribution in [0.1, 0.15) is 25.7 Å². The van der Waals surface area contributed by atoms with Crippen molar-refractivity contribution < 1.29 is 39.3 Å². The molecule has 12 heteroatoms. The zero-order valence-corrected chi connectivity index (χ0v) is 15.0. The molecule has 0 spiro atoms. The SMILES string of the molecule is CSCCC(N)C(=O)NC(CC(=O)O)C(=O)NC(CCC(=O)O)C(=O)O. The normalized spacial score (nSPS) is 13.9. The maximum Gasteiger partial charge on any atom is 0.326 e. The van der Waals surface area contributed by atoms with E-state index in [0.29, 0.717) is 12.2 Å². The summed E-state index contributed by atoms with van der Waals surface area (Å²) in [5, 5.41) is 30.7. The van der Waals surface area contributed by atoms with Crippen LogP contribution in [0.25, 0.3) is 0 Å². The topological polar surface area (TPSA) is 196 Å². The predicted octanol–water partition coefficient (Wildman–Crippen LogP) is -1.54. The number of hydrogen-bond donors (Lipinski definition) is 6. The molecule has 0 fully saturated rings. The van der Waals surface area contributed by atoms with E-state index in [1.54, 1.807) is 0 Å². The molecule has 0 radical (unpaired) electrons. The molecular weight excluding hydrogens is 370 g/mol. The molecule has 0 aromatic carbocycles. The highest BCUT2D eigenvalue weighted by molar-refractivity contribution is 7.98. The first-order valence-electron chi connectivity index (χ1n) is 7.60. The van der Waals surface area contributed by atoms with Crippen molar-refractivity contribution in [1.82, 2.24) is 10.6 Å². The number of carboxylic acids is 3. The fraction of sp³-hybridized carbons (Fsp3) is 0.643. The van der Waals surface area contributed by atoms with Crippen LogP contribution >= 0.6 is 11.8 Å². The summed E-state index contributed by atoms with van der Waals surface area (Å²) >= 11 is 1.46. The zero-order valence-electron chi connectivity index (χ0n) is 14.1. The van der Waals surface area contributed by atoms with Crippen molar-refractivity contribution in [3.63, 3.8) is 0 Å². The number of carbonyl (C=O) groups excluding carboxylic acids is 2. The third kappa shape index (κ3) is 9.84. The minimum atomic E-state index is -1.54. The van der Waals surface area contributed by atoms with Gasteiger partial charge in [0.15, 0.2) is 0 Å². The summed E-state index contributed by atoms with van der Waals surface area (Å²) in [6, 6.07) is -4.02. The maximum atomic E-state index is 12.2. The molecule has 0 saturated heterocycles. The second kappa shape index (κ2) is 12.1. The molecule has 0 aromatic rings. The van der Waals surface area contributed by atoms with Crippen LogP contribution in [-0.4, -0.2) is 75.2 Å². The first-order chi connectivity index (χ1) is 12.1. The molecule has 7 N–H and O–H groups in total. The van der Waals surface area contributed by atoms with E-state index in [4.69, 9.17) is 21.1 Å². The van der Waals surface area contributed by atoms with Gasteiger partial charge in [-0.05, 0) is 24.9 Å². The van der Waals surface area contributed by atoms with Gasteiger partial charge in [-0.1, -0.05) is 0 Å². The van der Waals surface area contributed by atoms with Crippen molar-refractivity contribution in [3.05, 3.63) is 0 Å². The van der Waals surface area contributed by atoms with Gasteiger partial charge in [0.1, 0.15) is 12.1 Å². The van der Waals surface area contributed by atoms with E-state index in [0.717, 1.165) is 0 Å². The lowest BCUT2D eigenvalue weighted by molar-refractivity contribution is -0.144. The number of carboxylic acid groups (broad SMARTS) is 3. The van der Waals surface area contributed by atoms with E-state index in [1.165, 1.54) is 11.8 Å². The molecular formula is C14H23N3O8S. The summed E-state index contributed by atoms with van der Waals surface area (Å²) in [6.07, 6.45) is 0.446. The summed E-state index contributed by atoms with van der Waals surface area (Å²) in [5.41, 5.74) is 5.65. The largest absolute Gasteiger partial charge is 0.481 e. The first-order valence-corrected chi connectivity index (χ1v) is 8.99. The lowest BCUT2D eigenvalue weighted by Crippen LogP contribution is -2.55. The van der Waals surface area contributed by atoms with E-state index >= 15 is 0 Å². The van der Waals surface area contributed by atoms with Crippen molar-refractivity contribution in [3.8, 4) is 0 Å². The van der Waals surface area contributed by atoms with Gasteiger partial charge in [-0.15, -0.1) is 0 Å². The van der Waals surface area contributed by atoms with Crippen LogP contribution in [0, 0.1) is 0 Å². The molecule has 26 heavy (non-hydrogen) atoms. The molecule has 11 nitrogen and oxygen atoms in total. The van der Waals surface area contributed by atoms with Crippen LogP contribution in [-0.2, 0) is 24.0 Å². The van der Waals surface area contributed by atoms with Gasteiger partial charge in [-0.3, -0.25) is 19.2 Å². The fourth-order valence-electron chi connectivity index (χ4n) is 1.84. The number of nitrogens with two attached hydrogens (primary N) is 1. The van der Waals surface area contributed by atoms with Gasteiger partial charge in [-0.2, -0.15) is 11.8 Å². The Balaban J connectivity index is 5.00. The van der Waals surface area contributed by atoms with Crippen LogP contribution in [0.2, 0.25) is 0 Å². The van der Waals surface area contributed by atoms with Gasteiger partial charge in [0, 0.05) is 6.42 Å². The molecule has 2 amide bonds. The van der Waals surface area contributed by atoms with Crippen molar-refractivity contribution >= 4 is 41.5 Å². The average molecular weight is 393 g/mol. The van der Waals surface area contributed by atoms with Gasteiger partial charge in [0.05, 0.1) is 12.5 Å². The zero-order chi connectivity index (χ0) is 20.3. The summed E-state index contributed by atoms with van der Waals surface area (Å²) in [5.74, 6) is -5.31. The standard InChI is InChI=1S/C14H23N3O8S/c1-26-5-4-7(15)12(22)17-9(6-11(20)21)13(23)16-8(14(24)25)2-3-10(18)19/h7-9H,2-6,15H2,1H3,(H,16,23)(H,17,22)(H,18,19)(H,20,21)(H,24,25). The van der Waals surface area contributed by atoms with E-state index in [1.807, 2.05) is 11.6 Å². The second-order valence-electron chi connectivity index (χ2n) is 5.38. The van der Waals surface area contributed by atoms with Gasteiger partial charge in [-0.25, -0.2) is 4.79 Å². The van der Waals surface area contributed by atoms with E-state index in [-0.39, 0.29) is 0 Å². The van der Waals surface area contributed by atoms with Crippen molar-refractivity contribution in [2.24, 2.45) is 5.73 Å². The van der Waals surface area contributed by atoms with E-state index in [2.05, 4.69) is 5.32 Å². The highest BCUT2D eigenvalue weighted by Gasteiger charge is 2.29. The summed E-state index contributed by atoms with van der Waals surface area (Å²) < 4.78 is 0. The van der Waals surface area contributed by atoms with Crippen LogP contribution in [0.5, 0.6) is 0 Å². The number of thioether (sulfide) groups is 1. The molecule has 3 atom stereocenters. The van der Waals surface area contributed by atoms with Crippen LogP contribution in [0.3, 0.4) is 0 Å². The Morgan fingerprint density at radius 1 is 0.923 bits per heavy atom. The number of hydrogen-bond acceptors (Lipinski definition) is 7. The molecule has 3 unspecified atom stereocenters. The molecule has 148 valence electrons. The number of carbonyl (C=O) groups is 5. The monoisotopic (exact) mass is 393 g/mol. The minimum Gasteiger partial charge on any atom is -0.481 e. The lowest BCUT2D eigenvalue weighted by Gasteiger charge is -2.21. The number of aliphatic carboxylic acids is 3. The second-order valence-corrected chi connectivity index (χ2v) is 6.36. The molecule has 0 aliphatic rings. The number of amides is 2. The van der Waals surface area contributed by atoms with E-state index < -0.39 is 67.1 Å². The third-order valence-electron chi connectivity index (χ3n) is 3.24. The van der Waals surface area contributed by atoms with Crippen molar-refractivity contribution in [2.45, 2.75) is 43.8 Å². The fourth-order valence-corrected chi connectivity index (χ4v) is 2.33. The van der Waals surface area contributed by atoms with Crippen LogP contribution < -0.4 is 16.4 Å². The molecule has 0 bridgehead atoms. The Morgan fingerprint density at radius 3 is 1.96 bits per heavy atom. The number of nitrogens with one attached hydrogen (secondary N) is 2. The molecule has 0 heterocycles. The predicted molar refractivity (Wildman–Crippen MR) is 91.6 cm³/mol. The molecule has 0 rings (SSSR count). The Bertz CT molecular complexity index is 542. The number of rotatable bonds is 13. The van der Waals surface area contributed by atoms with Crippen molar-refractivity contribution in [2.75, 3.05) is 12.0 Å². The van der Waals surface area contributed by atoms with Crippen LogP contribution in [0.4, 0.5) is 0 Å². The summed E-state index contributed by atoms with van der Waals surface area (Å²) in [7, 11) is 0. The minimum absolute atomic E-state index is 0.310. The molecule has 0 aliphatic heterocycles. The highest BCUT2D eigenvalue weighted by atomic mass is 32.2. The van der Waals surface area contributed by atoms with Gasteiger partial charge >= 0.3 is 17.9 Å². The first kappa shape index (κ1) is 23.7. The quantitative estimate of drug-likeness (QED) is 0.213. The smallest absolute Gasteiger partial charge is 0.326 e. The van der Waals surface area contributed by atoms with Crippen molar-refractivity contribution in [1.29, 1.82) is 0 Å². The summed E-state index contributed by atoms with van der Waals surface area (Å²) in [4.78, 5) is 56.7. The van der Waals surface area contributed by atoms with Crippen LogP contribution in [0.15, 0.2) is 0 Å². The Hall–Kier alpha value is -2.34. The molecule has 0 saturated carbocycles.